The molecule has 2 aliphatic rings. The zero-order valence-corrected chi connectivity index (χ0v) is 23.3. The van der Waals surface area contributed by atoms with Crippen LogP contribution in [0.5, 0.6) is 0 Å². The number of likely N-dealkylation sites (tertiary alicyclic amines) is 1. The maximum Gasteiger partial charge on any atom is 0.317 e. The number of likely N-dealkylation sites (N-methyl/N-ethyl adjacent to an activating group) is 1. The lowest BCUT2D eigenvalue weighted by molar-refractivity contribution is -0.0591. The lowest BCUT2D eigenvalue weighted by Crippen LogP contribution is -2.54. The van der Waals surface area contributed by atoms with Crippen molar-refractivity contribution in [2.75, 3.05) is 47.5 Å². The maximum absolute atomic E-state index is 14.9. The number of ether oxygens (including phenoxy) is 2. The first-order valence-electron chi connectivity index (χ1n) is 14.2. The van der Waals surface area contributed by atoms with E-state index < -0.39 is 23.2 Å². The number of benzene rings is 1. The minimum Gasteiger partial charge on any atom is -0.385 e. The highest BCUT2D eigenvalue weighted by Gasteiger charge is 2.43. The van der Waals surface area contributed by atoms with Crippen LogP contribution in [0, 0.1) is 23.5 Å². The Labute approximate surface area is 226 Å². The molecule has 0 aromatic heterocycles. The fourth-order valence-electron chi connectivity index (χ4n) is 6.30. The molecule has 0 radical (unpaired) electrons. The zero-order chi connectivity index (χ0) is 27.5. The number of amides is 2. The molecule has 38 heavy (non-hydrogen) atoms. The number of carbonyl (C=O) groups excluding carboxylic acids is 1. The standard InChI is InChI=1S/C29H47F2N3O4/c1-32-19-23(18-21-11-13-24(38-3)14-12-21)33-28(35)34-16-7-8-22(20-34)29(36,15-4-5-17-37-2)25-9-6-10-26(30)27(25)31/h6,9-10,21-24,32,36H,4-5,7-8,11-20H2,1-3H3,(H,33,35). The van der Waals surface area contributed by atoms with Crippen molar-refractivity contribution in [3.05, 3.63) is 35.4 Å². The summed E-state index contributed by atoms with van der Waals surface area (Å²) in [7, 11) is 5.27. The summed E-state index contributed by atoms with van der Waals surface area (Å²) in [5.74, 6) is -1.85. The molecular formula is C29H47F2N3O4. The molecule has 0 spiro atoms. The van der Waals surface area contributed by atoms with Crippen molar-refractivity contribution < 1.29 is 28.2 Å². The van der Waals surface area contributed by atoms with Gasteiger partial charge in [0.2, 0.25) is 0 Å². The Bertz CT molecular complexity index is 868. The number of methoxy groups -OCH3 is 2. The monoisotopic (exact) mass is 539 g/mol. The van der Waals surface area contributed by atoms with Crippen LogP contribution in [0.1, 0.15) is 69.8 Å². The second kappa shape index (κ2) is 15.1. The van der Waals surface area contributed by atoms with Crippen LogP contribution >= 0.6 is 0 Å². The Morgan fingerprint density at radius 3 is 2.63 bits per heavy atom. The molecule has 1 aliphatic heterocycles. The Morgan fingerprint density at radius 1 is 1.18 bits per heavy atom. The zero-order valence-electron chi connectivity index (χ0n) is 23.3. The van der Waals surface area contributed by atoms with Gasteiger partial charge in [-0.25, -0.2) is 13.6 Å². The number of hydrogen-bond donors (Lipinski definition) is 3. The molecule has 3 N–H and O–H groups in total. The number of piperidine rings is 1. The molecule has 1 saturated carbocycles. The quantitative estimate of drug-likeness (QED) is 0.320. The van der Waals surface area contributed by atoms with Crippen LogP contribution in [0.4, 0.5) is 13.6 Å². The van der Waals surface area contributed by atoms with Crippen LogP contribution in [0.15, 0.2) is 18.2 Å². The van der Waals surface area contributed by atoms with Gasteiger partial charge in [0.05, 0.1) is 11.7 Å². The Hall–Kier alpha value is -1.81. The second-order valence-electron chi connectivity index (χ2n) is 11.1. The second-order valence-corrected chi connectivity index (χ2v) is 11.1. The number of halogens is 2. The molecule has 7 nitrogen and oxygen atoms in total. The van der Waals surface area contributed by atoms with Gasteiger partial charge in [0.15, 0.2) is 11.6 Å². The van der Waals surface area contributed by atoms with Crippen LogP contribution < -0.4 is 10.6 Å². The van der Waals surface area contributed by atoms with Gasteiger partial charge in [-0.2, -0.15) is 0 Å². The fraction of sp³-hybridized carbons (Fsp3) is 0.759. The highest BCUT2D eigenvalue weighted by atomic mass is 19.2. The van der Waals surface area contributed by atoms with Crippen LogP contribution in [-0.4, -0.2) is 75.7 Å². The Balaban J connectivity index is 1.69. The van der Waals surface area contributed by atoms with E-state index >= 15 is 0 Å². The van der Waals surface area contributed by atoms with Crippen molar-refractivity contribution in [2.24, 2.45) is 11.8 Å². The average Bonchev–Trinajstić information content (AvgIpc) is 2.93. The van der Waals surface area contributed by atoms with E-state index in [1.165, 1.54) is 12.1 Å². The van der Waals surface area contributed by atoms with Crippen molar-refractivity contribution in [1.29, 1.82) is 0 Å². The van der Waals surface area contributed by atoms with Crippen molar-refractivity contribution in [2.45, 2.75) is 82.0 Å². The van der Waals surface area contributed by atoms with Crippen LogP contribution in [0.25, 0.3) is 0 Å². The normalized spacial score (nSPS) is 24.6. The first-order chi connectivity index (χ1) is 18.3. The van der Waals surface area contributed by atoms with Crippen LogP contribution in [0.2, 0.25) is 0 Å². The number of urea groups is 1. The van der Waals surface area contributed by atoms with E-state index in [-0.39, 0.29) is 30.6 Å². The number of carbonyl (C=O) groups is 1. The first kappa shape index (κ1) is 30.7. The number of rotatable bonds is 13. The van der Waals surface area contributed by atoms with E-state index in [4.69, 9.17) is 9.47 Å². The molecule has 3 unspecified atom stereocenters. The minimum absolute atomic E-state index is 0.00874. The van der Waals surface area contributed by atoms with Crippen molar-refractivity contribution >= 4 is 6.03 Å². The lowest BCUT2D eigenvalue weighted by Gasteiger charge is -2.43. The highest BCUT2D eigenvalue weighted by Crippen LogP contribution is 2.41. The van der Waals surface area contributed by atoms with Gasteiger partial charge < -0.3 is 30.1 Å². The molecule has 216 valence electrons. The molecule has 1 aliphatic carbocycles. The number of nitrogens with zero attached hydrogens (tertiary/aromatic N) is 1. The molecule has 0 bridgehead atoms. The van der Waals surface area contributed by atoms with Gasteiger partial charge in [0, 0.05) is 58.0 Å². The van der Waals surface area contributed by atoms with Gasteiger partial charge in [-0.3, -0.25) is 0 Å². The molecule has 1 heterocycles. The van der Waals surface area contributed by atoms with Crippen molar-refractivity contribution in [3.8, 4) is 0 Å². The lowest BCUT2D eigenvalue weighted by atomic mass is 9.74. The number of nitrogens with one attached hydrogen (secondary N) is 2. The molecule has 1 aromatic rings. The first-order valence-corrected chi connectivity index (χ1v) is 14.2. The fourth-order valence-corrected chi connectivity index (χ4v) is 6.30. The molecule has 1 saturated heterocycles. The molecule has 3 atom stereocenters. The molecule has 1 aromatic carbocycles. The molecule has 2 amide bonds. The van der Waals surface area contributed by atoms with Crippen LogP contribution in [0.3, 0.4) is 0 Å². The summed E-state index contributed by atoms with van der Waals surface area (Å²) in [6.45, 7) is 2.05. The predicted molar refractivity (Wildman–Crippen MR) is 144 cm³/mol. The van der Waals surface area contributed by atoms with E-state index in [1.54, 1.807) is 19.1 Å². The van der Waals surface area contributed by atoms with E-state index in [0.29, 0.717) is 57.4 Å². The van der Waals surface area contributed by atoms with Crippen LogP contribution in [-0.2, 0) is 15.1 Å². The third kappa shape index (κ3) is 8.10. The van der Waals surface area contributed by atoms with Gasteiger partial charge in [-0.05, 0) is 83.2 Å². The van der Waals surface area contributed by atoms with Gasteiger partial charge >= 0.3 is 6.03 Å². The Kier molecular flexibility index (Phi) is 12.2. The molecule has 3 rings (SSSR count). The molecule has 9 heteroatoms. The third-order valence-corrected chi connectivity index (χ3v) is 8.48. The summed E-state index contributed by atoms with van der Waals surface area (Å²) in [6.07, 6.45) is 8.40. The third-order valence-electron chi connectivity index (χ3n) is 8.48. The van der Waals surface area contributed by atoms with Crippen molar-refractivity contribution in [1.82, 2.24) is 15.5 Å². The topological polar surface area (TPSA) is 83.1 Å². The summed E-state index contributed by atoms with van der Waals surface area (Å²) >= 11 is 0. The summed E-state index contributed by atoms with van der Waals surface area (Å²) in [4.78, 5) is 15.1. The smallest absolute Gasteiger partial charge is 0.317 e. The number of hydrogen-bond acceptors (Lipinski definition) is 5. The number of aliphatic hydroxyl groups is 1. The van der Waals surface area contributed by atoms with E-state index in [1.807, 2.05) is 7.05 Å². The summed E-state index contributed by atoms with van der Waals surface area (Å²) in [6, 6.07) is 3.79. The highest BCUT2D eigenvalue weighted by molar-refractivity contribution is 5.74. The van der Waals surface area contributed by atoms with Gasteiger partial charge in [-0.15, -0.1) is 0 Å². The van der Waals surface area contributed by atoms with E-state index in [2.05, 4.69) is 10.6 Å². The average molecular weight is 540 g/mol. The van der Waals surface area contributed by atoms with Crippen molar-refractivity contribution in [3.63, 3.8) is 0 Å². The SMILES string of the molecule is CNCC(CC1CCC(OC)CC1)NC(=O)N1CCCC(C(O)(CCCCOC)c2cccc(F)c2F)C1. The Morgan fingerprint density at radius 2 is 1.95 bits per heavy atom. The molecular weight excluding hydrogens is 492 g/mol. The summed E-state index contributed by atoms with van der Waals surface area (Å²) < 4.78 is 39.8. The predicted octanol–water partition coefficient (Wildman–Crippen LogP) is 4.57. The largest absolute Gasteiger partial charge is 0.385 e. The number of unbranched alkanes of at least 4 members (excludes halogenated alkanes) is 1. The van der Waals surface area contributed by atoms with Gasteiger partial charge in [0.25, 0.3) is 0 Å². The summed E-state index contributed by atoms with van der Waals surface area (Å²) in [5.41, 5.74) is -1.61. The summed E-state index contributed by atoms with van der Waals surface area (Å²) in [5, 5.41) is 18.3. The van der Waals surface area contributed by atoms with Gasteiger partial charge in [-0.1, -0.05) is 12.1 Å². The van der Waals surface area contributed by atoms with E-state index in [0.717, 1.165) is 38.2 Å². The molecule has 2 fully saturated rings. The minimum atomic E-state index is -1.58. The maximum atomic E-state index is 14.9. The van der Waals surface area contributed by atoms with Gasteiger partial charge in [0.1, 0.15) is 0 Å². The van der Waals surface area contributed by atoms with E-state index in [9.17, 15) is 18.7 Å².